The van der Waals surface area contributed by atoms with Crippen molar-refractivity contribution < 1.29 is 15.3 Å². The molecule has 35 heavy (non-hydrogen) atoms. The van der Waals surface area contributed by atoms with Crippen LogP contribution in [0.15, 0.2) is 75.0 Å². The second-order valence-corrected chi connectivity index (χ2v) is 8.48. The van der Waals surface area contributed by atoms with E-state index in [0.717, 1.165) is 16.9 Å². The van der Waals surface area contributed by atoms with Crippen LogP contribution in [0.5, 0.6) is 0 Å². The van der Waals surface area contributed by atoms with Crippen molar-refractivity contribution >= 4 is 18.3 Å². The smallest absolute Gasteiger partial charge is 0.158 e. The summed E-state index contributed by atoms with van der Waals surface area (Å²) in [6.45, 7) is 14.4. The predicted molar refractivity (Wildman–Crippen MR) is 144 cm³/mol. The average molecular weight is 480 g/mol. The van der Waals surface area contributed by atoms with E-state index in [1.165, 1.54) is 0 Å². The lowest BCUT2D eigenvalue weighted by Crippen LogP contribution is -2.54. The SMILES string of the molecule is C=NC(=N/C=C\C)C1=CC(NCC(=C)N=C(/C=C\C)CN2C[C@H](O)[C@@H](O)C[C@H]2CO)C#CC(C)=C1. The number of aliphatic hydroxyl groups is 3. The summed E-state index contributed by atoms with van der Waals surface area (Å²) < 4.78 is 0. The fourth-order valence-corrected chi connectivity index (χ4v) is 3.81. The van der Waals surface area contributed by atoms with E-state index in [4.69, 9.17) is 0 Å². The summed E-state index contributed by atoms with van der Waals surface area (Å²) >= 11 is 0. The van der Waals surface area contributed by atoms with Crippen molar-refractivity contribution in [1.82, 2.24) is 10.2 Å². The number of β-amino-alcohol motifs (C(OH)–C–C–N with tert-alkyl or cyclic N) is 1. The quantitative estimate of drug-likeness (QED) is 0.217. The third kappa shape index (κ3) is 8.98. The number of rotatable bonds is 10. The monoisotopic (exact) mass is 479 g/mol. The number of piperidine rings is 1. The van der Waals surface area contributed by atoms with Gasteiger partial charge in [0.15, 0.2) is 5.84 Å². The number of likely N-dealkylation sites (tertiary alicyclic amines) is 1. The normalized spacial score (nSPS) is 26.2. The van der Waals surface area contributed by atoms with E-state index in [1.54, 1.807) is 6.20 Å². The van der Waals surface area contributed by atoms with E-state index in [9.17, 15) is 15.3 Å². The van der Waals surface area contributed by atoms with Crippen LogP contribution in [-0.2, 0) is 0 Å². The minimum atomic E-state index is -0.854. The Kier molecular flexibility index (Phi) is 11.7. The molecular weight excluding hydrogens is 442 g/mol. The number of aliphatic hydroxyl groups excluding tert-OH is 3. The average Bonchev–Trinajstić information content (AvgIpc) is 3.01. The molecule has 0 aromatic rings. The Bertz CT molecular complexity index is 1010. The highest BCUT2D eigenvalue weighted by Crippen LogP contribution is 2.18. The summed E-state index contributed by atoms with van der Waals surface area (Å²) in [5.74, 6) is 6.83. The Morgan fingerprint density at radius 1 is 1.29 bits per heavy atom. The standard InChI is InChI=1S/C27H37N5O3/c1-6-8-23(16-32-17-26(35)25(34)14-24(32)18-33)31-20(4)15-30-22-10-9-19(3)12-21(13-22)27(28-5)29-11-7-2/h6-8,11-13,22,24-26,30,33-35H,4-5,14-18H2,1-3H3/b8-6-,11-7-,29-27?,31-23?/t22?,24-,25-,26-/m0/s1. The molecule has 1 unspecified atom stereocenters. The zero-order valence-electron chi connectivity index (χ0n) is 20.9. The van der Waals surface area contributed by atoms with E-state index in [2.05, 4.69) is 45.4 Å². The van der Waals surface area contributed by atoms with E-state index in [1.807, 2.05) is 56.1 Å². The van der Waals surface area contributed by atoms with Gasteiger partial charge >= 0.3 is 0 Å². The zero-order valence-corrected chi connectivity index (χ0v) is 20.9. The molecule has 1 fully saturated rings. The van der Waals surface area contributed by atoms with Crippen molar-refractivity contribution in [2.24, 2.45) is 15.0 Å². The van der Waals surface area contributed by atoms with Crippen molar-refractivity contribution in [3.63, 3.8) is 0 Å². The van der Waals surface area contributed by atoms with Gasteiger partial charge in [-0.2, -0.15) is 0 Å². The minimum Gasteiger partial charge on any atom is -0.395 e. The number of nitrogens with zero attached hydrogens (tertiary/aromatic N) is 4. The molecule has 4 atom stereocenters. The molecule has 2 rings (SSSR count). The summed E-state index contributed by atoms with van der Waals surface area (Å²) in [7, 11) is 0. The molecule has 1 aliphatic heterocycles. The molecule has 0 aromatic heterocycles. The van der Waals surface area contributed by atoms with E-state index in [0.29, 0.717) is 31.0 Å². The molecule has 4 N–H and O–H groups in total. The molecule has 1 saturated heterocycles. The fourth-order valence-electron chi connectivity index (χ4n) is 3.81. The molecule has 8 nitrogen and oxygen atoms in total. The van der Waals surface area contributed by atoms with E-state index >= 15 is 0 Å². The van der Waals surface area contributed by atoms with Gasteiger partial charge in [0, 0.05) is 43.1 Å². The summed E-state index contributed by atoms with van der Waals surface area (Å²) in [4.78, 5) is 15.0. The van der Waals surface area contributed by atoms with Crippen LogP contribution in [0.3, 0.4) is 0 Å². The Morgan fingerprint density at radius 2 is 2.06 bits per heavy atom. The first kappa shape index (κ1) is 28.3. The molecule has 0 saturated carbocycles. The second kappa shape index (κ2) is 14.5. The van der Waals surface area contributed by atoms with Gasteiger partial charge in [-0.1, -0.05) is 30.6 Å². The van der Waals surface area contributed by atoms with E-state index in [-0.39, 0.29) is 25.2 Å². The largest absolute Gasteiger partial charge is 0.395 e. The topological polar surface area (TPSA) is 113 Å². The number of hydrogen-bond donors (Lipinski definition) is 4. The number of amidine groups is 1. The van der Waals surface area contributed by atoms with Crippen LogP contribution in [0.2, 0.25) is 0 Å². The van der Waals surface area contributed by atoms with Gasteiger partial charge in [0.1, 0.15) is 0 Å². The number of nitrogens with one attached hydrogen (secondary N) is 1. The zero-order chi connectivity index (χ0) is 25.8. The molecule has 8 heteroatoms. The molecule has 0 aromatic carbocycles. The van der Waals surface area contributed by atoms with Crippen LogP contribution in [0.4, 0.5) is 0 Å². The van der Waals surface area contributed by atoms with Crippen LogP contribution >= 0.6 is 0 Å². The van der Waals surface area contributed by atoms with Gasteiger partial charge in [0.2, 0.25) is 0 Å². The van der Waals surface area contributed by atoms with Crippen molar-refractivity contribution in [3.8, 4) is 11.8 Å². The maximum atomic E-state index is 10.1. The van der Waals surface area contributed by atoms with Gasteiger partial charge in [-0.3, -0.25) is 15.2 Å². The fraction of sp³-hybridized carbons (Fsp3) is 0.444. The highest BCUT2D eigenvalue weighted by Gasteiger charge is 2.33. The third-order valence-electron chi connectivity index (χ3n) is 5.56. The maximum absolute atomic E-state index is 10.1. The summed E-state index contributed by atoms with van der Waals surface area (Å²) in [5.41, 5.74) is 3.08. The minimum absolute atomic E-state index is 0.100. The summed E-state index contributed by atoms with van der Waals surface area (Å²) in [6.07, 6.45) is 9.78. The molecule has 0 spiro atoms. The molecule has 1 aliphatic carbocycles. The van der Waals surface area contributed by atoms with Gasteiger partial charge < -0.3 is 15.3 Å². The number of aliphatic imine (C=N–C) groups is 3. The van der Waals surface area contributed by atoms with Crippen molar-refractivity contribution in [2.45, 2.75) is 51.5 Å². The Hall–Kier alpha value is -2.93. The second-order valence-electron chi connectivity index (χ2n) is 8.48. The molecule has 0 bridgehead atoms. The molecule has 1 heterocycles. The highest BCUT2D eigenvalue weighted by molar-refractivity contribution is 6.04. The lowest BCUT2D eigenvalue weighted by atomic mass is 9.97. The number of hydrogen-bond acceptors (Lipinski definition) is 7. The van der Waals surface area contributed by atoms with Crippen molar-refractivity contribution in [1.29, 1.82) is 0 Å². The van der Waals surface area contributed by atoms with Gasteiger partial charge in [-0.25, -0.2) is 9.98 Å². The Morgan fingerprint density at radius 3 is 2.71 bits per heavy atom. The van der Waals surface area contributed by atoms with Gasteiger partial charge in [0.05, 0.1) is 30.6 Å². The summed E-state index contributed by atoms with van der Waals surface area (Å²) in [5, 5.41) is 33.1. The van der Waals surface area contributed by atoms with Crippen molar-refractivity contribution in [3.05, 3.63) is 60.0 Å². The van der Waals surface area contributed by atoms with Crippen LogP contribution in [0.1, 0.15) is 27.2 Å². The third-order valence-corrected chi connectivity index (χ3v) is 5.56. The van der Waals surface area contributed by atoms with Crippen LogP contribution in [0.25, 0.3) is 0 Å². The Balaban J connectivity index is 2.11. The van der Waals surface area contributed by atoms with Crippen LogP contribution in [-0.4, -0.2) is 89.0 Å². The Labute approximate surface area is 208 Å². The summed E-state index contributed by atoms with van der Waals surface area (Å²) in [6, 6.07) is -0.501. The lowest BCUT2D eigenvalue weighted by molar-refractivity contribution is -0.0660. The van der Waals surface area contributed by atoms with Crippen LogP contribution in [0, 0.1) is 11.8 Å². The predicted octanol–water partition coefficient (Wildman–Crippen LogP) is 1.79. The van der Waals surface area contributed by atoms with E-state index < -0.39 is 12.2 Å². The van der Waals surface area contributed by atoms with Crippen LogP contribution < -0.4 is 5.32 Å². The maximum Gasteiger partial charge on any atom is 0.158 e. The highest BCUT2D eigenvalue weighted by atomic mass is 16.3. The molecule has 0 radical (unpaired) electrons. The first-order valence-corrected chi connectivity index (χ1v) is 11.7. The van der Waals surface area contributed by atoms with Gasteiger partial charge in [-0.15, -0.1) is 0 Å². The van der Waals surface area contributed by atoms with Crippen molar-refractivity contribution in [2.75, 3.05) is 26.2 Å². The van der Waals surface area contributed by atoms with Gasteiger partial charge in [-0.05, 0) is 57.7 Å². The molecule has 0 amide bonds. The molecular formula is C27H37N5O3. The first-order valence-electron chi connectivity index (χ1n) is 11.7. The first-order chi connectivity index (χ1) is 16.8. The molecule has 188 valence electrons. The lowest BCUT2D eigenvalue weighted by Gasteiger charge is -2.39. The molecule has 2 aliphatic rings. The van der Waals surface area contributed by atoms with Gasteiger partial charge in [0.25, 0.3) is 0 Å². The number of allylic oxidation sites excluding steroid dienone is 3.